The van der Waals surface area contributed by atoms with Crippen molar-refractivity contribution in [3.8, 4) is 0 Å². The number of carbonyl (C=O) groups is 1. The third kappa shape index (κ3) is 2.49. The van der Waals surface area contributed by atoms with E-state index in [0.29, 0.717) is 5.92 Å². The molecular weight excluding hydrogens is 192 g/mol. The van der Waals surface area contributed by atoms with Crippen molar-refractivity contribution in [3.63, 3.8) is 0 Å². The zero-order valence-corrected chi connectivity index (χ0v) is 9.11. The van der Waals surface area contributed by atoms with Gasteiger partial charge in [-0.25, -0.2) is 0 Å². The van der Waals surface area contributed by atoms with Crippen molar-refractivity contribution >= 4 is 11.8 Å². The molecule has 1 saturated carbocycles. The lowest BCUT2D eigenvalue weighted by atomic mass is 9.79. The summed E-state index contributed by atoms with van der Waals surface area (Å²) in [4.78, 5) is 15.3. The Hall–Kier alpha value is -1.06. The SMILES string of the molecule is CC(=O)OC1CC[C@@H]2CCC(N)=N[C@H]2C1. The third-order valence-corrected chi connectivity index (χ3v) is 3.34. The second-order valence-electron chi connectivity index (χ2n) is 4.53. The van der Waals surface area contributed by atoms with Crippen LogP contribution in [0.1, 0.15) is 39.0 Å². The minimum absolute atomic E-state index is 0.0541. The molecule has 0 amide bonds. The molecule has 0 aromatic carbocycles. The summed E-state index contributed by atoms with van der Waals surface area (Å²) in [6, 6.07) is 0.289. The van der Waals surface area contributed by atoms with Gasteiger partial charge in [0.1, 0.15) is 6.10 Å². The molecule has 0 saturated heterocycles. The van der Waals surface area contributed by atoms with E-state index in [9.17, 15) is 4.79 Å². The zero-order chi connectivity index (χ0) is 10.8. The monoisotopic (exact) mass is 210 g/mol. The Morgan fingerprint density at radius 3 is 3.00 bits per heavy atom. The predicted molar refractivity (Wildman–Crippen MR) is 57.5 cm³/mol. The van der Waals surface area contributed by atoms with Crippen molar-refractivity contribution < 1.29 is 9.53 Å². The van der Waals surface area contributed by atoms with Gasteiger partial charge in [-0.05, 0) is 25.2 Å². The van der Waals surface area contributed by atoms with Gasteiger partial charge in [-0.2, -0.15) is 0 Å². The lowest BCUT2D eigenvalue weighted by molar-refractivity contribution is -0.148. The summed E-state index contributed by atoms with van der Waals surface area (Å²) in [5.41, 5.74) is 5.73. The molecule has 1 heterocycles. The van der Waals surface area contributed by atoms with Crippen LogP contribution in [0.3, 0.4) is 0 Å². The van der Waals surface area contributed by atoms with Crippen LogP contribution in [0.5, 0.6) is 0 Å². The number of hydrogen-bond donors (Lipinski definition) is 1. The molecule has 1 aliphatic heterocycles. The molecule has 0 bridgehead atoms. The fraction of sp³-hybridized carbons (Fsp3) is 0.818. The molecule has 1 aliphatic carbocycles. The molecule has 2 rings (SSSR count). The molecule has 0 aromatic heterocycles. The maximum atomic E-state index is 10.9. The number of carbonyl (C=O) groups excluding carboxylic acids is 1. The number of hydrogen-bond acceptors (Lipinski definition) is 4. The lowest BCUT2D eigenvalue weighted by Gasteiger charge is -2.36. The van der Waals surface area contributed by atoms with E-state index in [1.54, 1.807) is 0 Å². The van der Waals surface area contributed by atoms with Crippen molar-refractivity contribution in [2.24, 2.45) is 16.6 Å². The molecule has 1 unspecified atom stereocenters. The Balaban J connectivity index is 1.96. The molecule has 0 spiro atoms. The van der Waals surface area contributed by atoms with Gasteiger partial charge in [0.05, 0.1) is 11.9 Å². The molecule has 0 aromatic rings. The number of nitrogens with two attached hydrogens (primary N) is 1. The van der Waals surface area contributed by atoms with Crippen LogP contribution in [0.15, 0.2) is 4.99 Å². The largest absolute Gasteiger partial charge is 0.462 e. The minimum Gasteiger partial charge on any atom is -0.462 e. The van der Waals surface area contributed by atoms with E-state index in [-0.39, 0.29) is 18.1 Å². The first-order valence-electron chi connectivity index (χ1n) is 5.64. The number of esters is 1. The molecule has 15 heavy (non-hydrogen) atoms. The molecule has 84 valence electrons. The van der Waals surface area contributed by atoms with Crippen LogP contribution >= 0.6 is 0 Å². The van der Waals surface area contributed by atoms with Gasteiger partial charge >= 0.3 is 5.97 Å². The smallest absolute Gasteiger partial charge is 0.302 e. The van der Waals surface area contributed by atoms with E-state index >= 15 is 0 Å². The van der Waals surface area contributed by atoms with Gasteiger partial charge in [-0.1, -0.05) is 0 Å². The maximum absolute atomic E-state index is 10.9. The van der Waals surface area contributed by atoms with Crippen LogP contribution in [-0.4, -0.2) is 24.0 Å². The van der Waals surface area contributed by atoms with E-state index in [4.69, 9.17) is 10.5 Å². The minimum atomic E-state index is -0.189. The van der Waals surface area contributed by atoms with Crippen LogP contribution in [0.4, 0.5) is 0 Å². The molecule has 2 N–H and O–H groups in total. The summed E-state index contributed by atoms with van der Waals surface area (Å²) in [6.45, 7) is 1.46. The fourth-order valence-corrected chi connectivity index (χ4v) is 2.62. The first kappa shape index (κ1) is 10.5. The molecule has 4 nitrogen and oxygen atoms in total. The first-order chi connectivity index (χ1) is 7.15. The second-order valence-corrected chi connectivity index (χ2v) is 4.53. The van der Waals surface area contributed by atoms with E-state index in [0.717, 1.165) is 37.9 Å². The van der Waals surface area contributed by atoms with Gasteiger partial charge in [0.15, 0.2) is 0 Å². The average Bonchev–Trinajstić information content (AvgIpc) is 2.16. The first-order valence-corrected chi connectivity index (χ1v) is 5.64. The Bertz CT molecular complexity index is 288. The van der Waals surface area contributed by atoms with Gasteiger partial charge in [-0.3, -0.25) is 9.79 Å². The van der Waals surface area contributed by atoms with Gasteiger partial charge < -0.3 is 10.5 Å². The molecule has 4 heteroatoms. The second kappa shape index (κ2) is 4.21. The quantitative estimate of drug-likeness (QED) is 0.662. The highest BCUT2D eigenvalue weighted by Crippen LogP contribution is 2.34. The molecular formula is C11H18N2O2. The number of amidine groups is 1. The molecule has 1 fully saturated rings. The van der Waals surface area contributed by atoms with E-state index < -0.39 is 0 Å². The highest BCUT2D eigenvalue weighted by atomic mass is 16.5. The highest BCUT2D eigenvalue weighted by Gasteiger charge is 2.33. The Morgan fingerprint density at radius 2 is 2.27 bits per heavy atom. The van der Waals surface area contributed by atoms with Crippen LogP contribution in [-0.2, 0) is 9.53 Å². The third-order valence-electron chi connectivity index (χ3n) is 3.34. The standard InChI is InChI=1S/C11H18N2O2/c1-7(14)15-9-4-2-8-3-5-11(12)13-10(8)6-9/h8-10H,2-6H2,1H3,(H2,12,13)/t8-,9?,10+/m1/s1. The zero-order valence-electron chi connectivity index (χ0n) is 9.11. The fourth-order valence-electron chi connectivity index (χ4n) is 2.62. The van der Waals surface area contributed by atoms with Crippen LogP contribution in [0.25, 0.3) is 0 Å². The van der Waals surface area contributed by atoms with Gasteiger partial charge in [0.2, 0.25) is 0 Å². The number of ether oxygens (including phenoxy) is 1. The summed E-state index contributed by atoms with van der Waals surface area (Å²) in [7, 11) is 0. The van der Waals surface area contributed by atoms with Gasteiger partial charge in [0.25, 0.3) is 0 Å². The average molecular weight is 210 g/mol. The van der Waals surface area contributed by atoms with E-state index in [2.05, 4.69) is 4.99 Å². The van der Waals surface area contributed by atoms with Crippen molar-refractivity contribution in [3.05, 3.63) is 0 Å². The Morgan fingerprint density at radius 1 is 1.47 bits per heavy atom. The van der Waals surface area contributed by atoms with Crippen LogP contribution < -0.4 is 5.73 Å². The Kier molecular flexibility index (Phi) is 2.93. The summed E-state index contributed by atoms with van der Waals surface area (Å²) in [5.74, 6) is 1.23. The number of aliphatic imine (C=N–C) groups is 1. The van der Waals surface area contributed by atoms with Crippen molar-refractivity contribution in [2.75, 3.05) is 0 Å². The number of rotatable bonds is 1. The summed E-state index contributed by atoms with van der Waals surface area (Å²) < 4.78 is 5.23. The van der Waals surface area contributed by atoms with Crippen molar-refractivity contribution in [1.29, 1.82) is 0 Å². The molecule has 2 aliphatic rings. The summed E-state index contributed by atoms with van der Waals surface area (Å²) >= 11 is 0. The molecule has 3 atom stereocenters. The highest BCUT2D eigenvalue weighted by molar-refractivity contribution is 5.81. The topological polar surface area (TPSA) is 64.7 Å². The van der Waals surface area contributed by atoms with Gasteiger partial charge in [-0.15, -0.1) is 0 Å². The van der Waals surface area contributed by atoms with Gasteiger partial charge in [0, 0.05) is 19.8 Å². The number of nitrogens with zero attached hydrogens (tertiary/aromatic N) is 1. The maximum Gasteiger partial charge on any atom is 0.302 e. The van der Waals surface area contributed by atoms with E-state index in [1.807, 2.05) is 0 Å². The van der Waals surface area contributed by atoms with Crippen LogP contribution in [0.2, 0.25) is 0 Å². The van der Waals surface area contributed by atoms with E-state index in [1.165, 1.54) is 6.92 Å². The van der Waals surface area contributed by atoms with Crippen molar-refractivity contribution in [2.45, 2.75) is 51.2 Å². The van der Waals surface area contributed by atoms with Crippen LogP contribution in [0, 0.1) is 5.92 Å². The number of fused-ring (bicyclic) bond motifs is 1. The predicted octanol–water partition coefficient (Wildman–Crippen LogP) is 1.24. The summed E-state index contributed by atoms with van der Waals surface area (Å²) in [6.07, 6.45) is 5.07. The Labute approximate surface area is 89.9 Å². The van der Waals surface area contributed by atoms with Crippen molar-refractivity contribution in [1.82, 2.24) is 0 Å². The summed E-state index contributed by atoms with van der Waals surface area (Å²) in [5, 5.41) is 0. The lowest BCUT2D eigenvalue weighted by Crippen LogP contribution is -2.38. The molecule has 0 radical (unpaired) electrons. The normalized spacial score (nSPS) is 35.3.